The zero-order valence-corrected chi connectivity index (χ0v) is 8.97. The van der Waals surface area contributed by atoms with Gasteiger partial charge in [0.2, 0.25) is 0 Å². The fraction of sp³-hybridized carbons (Fsp3) is 1.00. The van der Waals surface area contributed by atoms with E-state index in [1.807, 2.05) is 0 Å². The maximum absolute atomic E-state index is 12.8. The average Bonchev–Trinajstić information content (AvgIpc) is 1.79. The second-order valence-electron chi connectivity index (χ2n) is 2.78. The van der Waals surface area contributed by atoms with Gasteiger partial charge in [-0.3, -0.25) is 0 Å². The van der Waals surface area contributed by atoms with Crippen LogP contribution in [0.3, 0.4) is 0 Å². The van der Waals surface area contributed by atoms with Gasteiger partial charge in [-0.2, -0.15) is 26.3 Å². The first-order valence-corrected chi connectivity index (χ1v) is 4.63. The van der Waals surface area contributed by atoms with Crippen molar-refractivity contribution in [3.63, 3.8) is 0 Å². The highest BCUT2D eigenvalue weighted by molar-refractivity contribution is 14.1. The Labute approximate surface area is 89.0 Å². The third kappa shape index (κ3) is 2.86. The van der Waals surface area contributed by atoms with Crippen LogP contribution in [-0.4, -0.2) is 21.9 Å². The van der Waals surface area contributed by atoms with Gasteiger partial charge in [-0.05, 0) is 0 Å². The predicted molar refractivity (Wildman–Crippen MR) is 44.0 cm³/mol. The van der Waals surface area contributed by atoms with Crippen molar-refractivity contribution in [3.05, 3.63) is 0 Å². The van der Waals surface area contributed by atoms with Crippen LogP contribution in [0.25, 0.3) is 0 Å². The molecular weight excluding hydrogens is 332 g/mol. The van der Waals surface area contributed by atoms with E-state index >= 15 is 0 Å². The van der Waals surface area contributed by atoms with E-state index in [1.54, 1.807) is 0 Å². The molecule has 0 saturated heterocycles. The third-order valence-corrected chi connectivity index (χ3v) is 1.90. The quantitative estimate of drug-likeness (QED) is 0.405. The number of alkyl halides is 8. The van der Waals surface area contributed by atoms with Gasteiger partial charge in [-0.1, -0.05) is 29.5 Å². The molecule has 0 N–H and O–H groups in total. The molecule has 0 heterocycles. The fourth-order valence-corrected chi connectivity index (χ4v) is 1.39. The van der Waals surface area contributed by atoms with E-state index in [0.717, 1.165) is 6.92 Å². The standard InChI is InChI=1S/C6H6F7I/c1-3(14)2-4(7,5(8,9)10)6(11,12)13/h3H,2H2,1H3. The summed E-state index contributed by atoms with van der Waals surface area (Å²) in [6.07, 6.45) is -13.5. The Bertz CT molecular complexity index is 177. The molecule has 14 heavy (non-hydrogen) atoms. The smallest absolute Gasteiger partial charge is 0.224 e. The van der Waals surface area contributed by atoms with Crippen LogP contribution in [0.2, 0.25) is 0 Å². The van der Waals surface area contributed by atoms with Crippen LogP contribution in [0.4, 0.5) is 30.7 Å². The van der Waals surface area contributed by atoms with E-state index in [4.69, 9.17) is 0 Å². The van der Waals surface area contributed by atoms with E-state index in [2.05, 4.69) is 0 Å². The second kappa shape index (κ2) is 4.01. The molecule has 0 aliphatic rings. The van der Waals surface area contributed by atoms with Gasteiger partial charge in [0.15, 0.2) is 0 Å². The molecule has 0 aliphatic carbocycles. The molecule has 0 radical (unpaired) electrons. The first kappa shape index (κ1) is 14.2. The summed E-state index contributed by atoms with van der Waals surface area (Å²) in [5.74, 6) is 0. The lowest BCUT2D eigenvalue weighted by Gasteiger charge is -2.30. The van der Waals surface area contributed by atoms with Crippen molar-refractivity contribution in [1.29, 1.82) is 0 Å². The molecular formula is C6H6F7I. The Morgan fingerprint density at radius 1 is 0.929 bits per heavy atom. The number of hydrogen-bond acceptors (Lipinski definition) is 0. The van der Waals surface area contributed by atoms with Crippen LogP contribution in [0, 0.1) is 0 Å². The highest BCUT2D eigenvalue weighted by Gasteiger charge is 2.72. The Morgan fingerprint density at radius 3 is 1.29 bits per heavy atom. The molecule has 0 nitrogen and oxygen atoms in total. The number of hydrogen-bond donors (Lipinski definition) is 0. The summed E-state index contributed by atoms with van der Waals surface area (Å²) >= 11 is 1.31. The van der Waals surface area contributed by atoms with Gasteiger partial charge in [0.25, 0.3) is 5.67 Å². The molecule has 0 fully saturated rings. The number of rotatable bonds is 2. The second-order valence-corrected chi connectivity index (χ2v) is 4.91. The molecule has 0 aliphatic heterocycles. The largest absolute Gasteiger partial charge is 0.431 e. The van der Waals surface area contributed by atoms with Crippen LogP contribution < -0.4 is 0 Å². The predicted octanol–water partition coefficient (Wildman–Crippen LogP) is 4.03. The van der Waals surface area contributed by atoms with Gasteiger partial charge >= 0.3 is 12.4 Å². The Morgan fingerprint density at radius 2 is 1.21 bits per heavy atom. The molecule has 0 amide bonds. The van der Waals surface area contributed by atoms with Gasteiger partial charge in [0, 0.05) is 10.3 Å². The summed E-state index contributed by atoms with van der Waals surface area (Å²) in [6.45, 7) is 1.08. The van der Waals surface area contributed by atoms with Crippen LogP contribution in [0.1, 0.15) is 13.3 Å². The van der Waals surface area contributed by atoms with Crippen molar-refractivity contribution >= 4 is 22.6 Å². The summed E-state index contributed by atoms with van der Waals surface area (Å²) in [4.78, 5) is 0. The summed E-state index contributed by atoms with van der Waals surface area (Å²) in [5, 5.41) is 0. The van der Waals surface area contributed by atoms with E-state index in [9.17, 15) is 30.7 Å². The first-order chi connectivity index (χ1) is 5.92. The normalized spacial score (nSPS) is 16.9. The molecule has 0 bridgehead atoms. The highest BCUT2D eigenvalue weighted by Crippen LogP contribution is 2.49. The molecule has 0 aromatic rings. The van der Waals surface area contributed by atoms with Crippen LogP contribution in [0.15, 0.2) is 0 Å². The fourth-order valence-electron chi connectivity index (χ4n) is 0.780. The van der Waals surface area contributed by atoms with Gasteiger partial charge < -0.3 is 0 Å². The van der Waals surface area contributed by atoms with Crippen LogP contribution >= 0.6 is 22.6 Å². The molecule has 0 saturated carbocycles. The minimum atomic E-state index is -5.93. The van der Waals surface area contributed by atoms with E-state index in [1.165, 1.54) is 22.6 Å². The molecule has 8 heteroatoms. The van der Waals surface area contributed by atoms with Crippen molar-refractivity contribution in [3.8, 4) is 0 Å². The molecule has 1 unspecified atom stereocenters. The van der Waals surface area contributed by atoms with Crippen LogP contribution in [-0.2, 0) is 0 Å². The van der Waals surface area contributed by atoms with Crippen molar-refractivity contribution in [2.24, 2.45) is 0 Å². The summed E-state index contributed by atoms with van der Waals surface area (Å²) in [6, 6.07) is 0. The minimum Gasteiger partial charge on any atom is -0.224 e. The topological polar surface area (TPSA) is 0 Å². The van der Waals surface area contributed by atoms with Gasteiger partial charge in [0.1, 0.15) is 0 Å². The van der Waals surface area contributed by atoms with E-state index in [0.29, 0.717) is 0 Å². The first-order valence-electron chi connectivity index (χ1n) is 3.38. The lowest BCUT2D eigenvalue weighted by Crippen LogP contribution is -2.54. The molecule has 1 atom stereocenters. The minimum absolute atomic E-state index is 1.07. The SMILES string of the molecule is CC(I)CC(F)(C(F)(F)F)C(F)(F)F. The van der Waals surface area contributed by atoms with Gasteiger partial charge in [-0.15, -0.1) is 0 Å². The summed E-state index contributed by atoms with van der Waals surface area (Å²) < 4.78 is 82.9. The molecule has 86 valence electrons. The number of halogens is 8. The average molecular weight is 338 g/mol. The van der Waals surface area contributed by atoms with Crippen molar-refractivity contribution in [2.45, 2.75) is 35.3 Å². The van der Waals surface area contributed by atoms with Crippen molar-refractivity contribution < 1.29 is 30.7 Å². The Balaban J connectivity index is 5.07. The Hall–Kier alpha value is 0.240. The molecule has 0 spiro atoms. The van der Waals surface area contributed by atoms with E-state index in [-0.39, 0.29) is 0 Å². The Kier molecular flexibility index (Phi) is 4.08. The lowest BCUT2D eigenvalue weighted by atomic mass is 9.99. The highest BCUT2D eigenvalue weighted by atomic mass is 127. The van der Waals surface area contributed by atoms with Gasteiger partial charge in [-0.25, -0.2) is 4.39 Å². The zero-order valence-electron chi connectivity index (χ0n) is 6.81. The van der Waals surface area contributed by atoms with Crippen molar-refractivity contribution in [1.82, 2.24) is 0 Å². The van der Waals surface area contributed by atoms with E-state index < -0.39 is 28.4 Å². The summed E-state index contributed by atoms with van der Waals surface area (Å²) in [7, 11) is 0. The zero-order chi connectivity index (χ0) is 11.8. The third-order valence-electron chi connectivity index (χ3n) is 1.46. The monoisotopic (exact) mass is 338 g/mol. The maximum atomic E-state index is 12.8. The molecule has 0 aromatic heterocycles. The van der Waals surface area contributed by atoms with Crippen molar-refractivity contribution in [2.75, 3.05) is 0 Å². The lowest BCUT2D eigenvalue weighted by molar-refractivity contribution is -0.342. The maximum Gasteiger partial charge on any atom is 0.431 e. The summed E-state index contributed by atoms with van der Waals surface area (Å²) in [5.41, 5.74) is -5.11. The molecule has 0 aromatic carbocycles. The molecule has 0 rings (SSSR count). The van der Waals surface area contributed by atoms with Gasteiger partial charge in [0.05, 0.1) is 0 Å². The van der Waals surface area contributed by atoms with Crippen LogP contribution in [0.5, 0.6) is 0 Å².